The summed E-state index contributed by atoms with van der Waals surface area (Å²) in [5.41, 5.74) is 0.747. The van der Waals surface area contributed by atoms with Gasteiger partial charge in [0.2, 0.25) is 5.91 Å². The molecule has 0 radical (unpaired) electrons. The molecule has 0 saturated heterocycles. The van der Waals surface area contributed by atoms with Gasteiger partial charge in [-0.05, 0) is 5.56 Å². The van der Waals surface area contributed by atoms with E-state index in [0.717, 1.165) is 5.56 Å². The monoisotopic (exact) mass is 271 g/mol. The first-order valence-corrected chi connectivity index (χ1v) is 6.11. The second kappa shape index (κ2) is 7.36. The van der Waals surface area contributed by atoms with E-state index in [9.17, 15) is 9.90 Å². The van der Waals surface area contributed by atoms with E-state index in [1.807, 2.05) is 18.2 Å². The van der Waals surface area contributed by atoms with E-state index in [0.29, 0.717) is 0 Å². The lowest BCUT2D eigenvalue weighted by Gasteiger charge is -2.23. The van der Waals surface area contributed by atoms with Crippen LogP contribution in [0.3, 0.4) is 0 Å². The predicted molar refractivity (Wildman–Crippen MR) is 70.6 cm³/mol. The average molecular weight is 272 g/mol. The summed E-state index contributed by atoms with van der Waals surface area (Å²) >= 11 is 6.11. The molecule has 5 heteroatoms. The van der Waals surface area contributed by atoms with Crippen LogP contribution < -0.4 is 0 Å². The molecule has 0 bridgehead atoms. The minimum Gasteiger partial charge on any atom is -0.389 e. The summed E-state index contributed by atoms with van der Waals surface area (Å²) in [5, 5.41) is 8.83. The zero-order valence-electron chi connectivity index (χ0n) is 10.5. The molecule has 0 aliphatic heterocycles. The lowest BCUT2D eigenvalue weighted by molar-refractivity contribution is -0.131. The zero-order chi connectivity index (χ0) is 13.5. The maximum atomic E-state index is 12.0. The van der Waals surface area contributed by atoms with Gasteiger partial charge in [0.05, 0.1) is 12.7 Å². The highest BCUT2D eigenvalue weighted by Gasteiger charge is 2.22. The summed E-state index contributed by atoms with van der Waals surface area (Å²) < 4.78 is 4.81. The van der Waals surface area contributed by atoms with Gasteiger partial charge in [0.25, 0.3) is 0 Å². The number of rotatable bonds is 6. The summed E-state index contributed by atoms with van der Waals surface area (Å²) in [6.07, 6.45) is -0.705. The van der Waals surface area contributed by atoms with Crippen LogP contribution in [0.25, 0.3) is 0 Å². The number of amides is 1. The maximum absolute atomic E-state index is 12.0. The first-order valence-electron chi connectivity index (χ1n) is 5.67. The lowest BCUT2D eigenvalue weighted by atomic mass is 10.1. The average Bonchev–Trinajstić information content (AvgIpc) is 2.38. The van der Waals surface area contributed by atoms with Crippen LogP contribution in [-0.4, -0.2) is 49.3 Å². The van der Waals surface area contributed by atoms with Crippen LogP contribution in [-0.2, 0) is 9.53 Å². The second-order valence-corrected chi connectivity index (χ2v) is 4.54. The summed E-state index contributed by atoms with van der Waals surface area (Å²) in [7, 11) is 3.11. The van der Waals surface area contributed by atoms with E-state index in [4.69, 9.17) is 16.3 Å². The van der Waals surface area contributed by atoms with E-state index in [2.05, 4.69) is 0 Å². The van der Waals surface area contributed by atoms with Gasteiger partial charge in [-0.1, -0.05) is 30.3 Å². The van der Waals surface area contributed by atoms with Crippen molar-refractivity contribution < 1.29 is 14.6 Å². The third-order valence-corrected chi connectivity index (χ3v) is 2.97. The molecule has 2 unspecified atom stereocenters. The number of methoxy groups -OCH3 is 1. The Morgan fingerprint density at radius 3 is 2.61 bits per heavy atom. The van der Waals surface area contributed by atoms with E-state index >= 15 is 0 Å². The summed E-state index contributed by atoms with van der Waals surface area (Å²) in [4.78, 5) is 13.4. The van der Waals surface area contributed by atoms with Gasteiger partial charge >= 0.3 is 0 Å². The van der Waals surface area contributed by atoms with Gasteiger partial charge in [-0.3, -0.25) is 4.79 Å². The van der Waals surface area contributed by atoms with Crippen LogP contribution >= 0.6 is 11.6 Å². The highest BCUT2D eigenvalue weighted by Crippen LogP contribution is 2.22. The number of carbonyl (C=O) groups excluding carboxylic acids is 1. The Labute approximate surface area is 112 Å². The number of alkyl halides is 1. The van der Waals surface area contributed by atoms with E-state index in [-0.39, 0.29) is 19.1 Å². The van der Waals surface area contributed by atoms with Crippen LogP contribution in [0.1, 0.15) is 10.9 Å². The Hall–Kier alpha value is -1.10. The zero-order valence-corrected chi connectivity index (χ0v) is 11.3. The standard InChI is InChI=1S/C13H18ClNO3/c1-15(8-11(16)9-18-2)13(17)12(14)10-6-4-3-5-7-10/h3-7,11-12,16H,8-9H2,1-2H3. The molecule has 1 amide bonds. The molecular formula is C13H18ClNO3. The molecule has 0 spiro atoms. The summed E-state index contributed by atoms with van der Waals surface area (Å²) in [6, 6.07) is 9.13. The van der Waals surface area contributed by atoms with Crippen molar-refractivity contribution in [3.8, 4) is 0 Å². The lowest BCUT2D eigenvalue weighted by Crippen LogP contribution is -2.37. The van der Waals surface area contributed by atoms with Gasteiger partial charge < -0.3 is 14.7 Å². The molecule has 0 aliphatic rings. The highest BCUT2D eigenvalue weighted by molar-refractivity contribution is 6.30. The number of aliphatic hydroxyl groups excluding tert-OH is 1. The molecule has 18 heavy (non-hydrogen) atoms. The number of benzene rings is 1. The van der Waals surface area contributed by atoms with Crippen LogP contribution in [0, 0.1) is 0 Å². The van der Waals surface area contributed by atoms with Crippen LogP contribution in [0.4, 0.5) is 0 Å². The summed E-state index contributed by atoms with van der Waals surface area (Å²) in [5.74, 6) is -0.238. The molecule has 1 aromatic rings. The van der Waals surface area contributed by atoms with Crippen molar-refractivity contribution in [1.29, 1.82) is 0 Å². The molecule has 100 valence electrons. The molecule has 0 saturated carbocycles. The van der Waals surface area contributed by atoms with Crippen LogP contribution in [0.5, 0.6) is 0 Å². The maximum Gasteiger partial charge on any atom is 0.245 e. The Morgan fingerprint density at radius 1 is 1.44 bits per heavy atom. The number of hydrogen-bond donors (Lipinski definition) is 1. The fourth-order valence-corrected chi connectivity index (χ4v) is 1.92. The topological polar surface area (TPSA) is 49.8 Å². The Bertz CT molecular complexity index is 372. The van der Waals surface area contributed by atoms with Crippen LogP contribution in [0.15, 0.2) is 30.3 Å². The van der Waals surface area contributed by atoms with Crippen molar-refractivity contribution in [2.45, 2.75) is 11.5 Å². The number of halogens is 1. The number of carbonyl (C=O) groups is 1. The molecule has 1 N–H and O–H groups in total. The Morgan fingerprint density at radius 2 is 2.06 bits per heavy atom. The van der Waals surface area contributed by atoms with Crippen molar-refractivity contribution >= 4 is 17.5 Å². The summed E-state index contributed by atoms with van der Waals surface area (Å²) in [6.45, 7) is 0.388. The van der Waals surface area contributed by atoms with Gasteiger partial charge in [0.1, 0.15) is 5.38 Å². The molecule has 0 heterocycles. The molecule has 1 rings (SSSR count). The fraction of sp³-hybridized carbons (Fsp3) is 0.462. The number of hydrogen-bond acceptors (Lipinski definition) is 3. The third-order valence-electron chi connectivity index (χ3n) is 2.53. The van der Waals surface area contributed by atoms with E-state index in [1.54, 1.807) is 19.2 Å². The SMILES string of the molecule is COCC(O)CN(C)C(=O)C(Cl)c1ccccc1. The highest BCUT2D eigenvalue weighted by atomic mass is 35.5. The second-order valence-electron chi connectivity index (χ2n) is 4.10. The Kier molecular flexibility index (Phi) is 6.12. The van der Waals surface area contributed by atoms with E-state index < -0.39 is 11.5 Å². The molecule has 0 aliphatic carbocycles. The molecule has 1 aromatic carbocycles. The van der Waals surface area contributed by atoms with Gasteiger partial charge in [-0.15, -0.1) is 11.6 Å². The fourth-order valence-electron chi connectivity index (χ4n) is 1.61. The molecule has 0 fully saturated rings. The molecule has 4 nitrogen and oxygen atoms in total. The van der Waals surface area contributed by atoms with Gasteiger partial charge in [-0.2, -0.15) is 0 Å². The van der Waals surface area contributed by atoms with Crippen molar-refractivity contribution in [1.82, 2.24) is 4.90 Å². The Balaban J connectivity index is 2.58. The number of likely N-dealkylation sites (N-methyl/N-ethyl adjacent to an activating group) is 1. The van der Waals surface area contributed by atoms with Gasteiger partial charge in [0, 0.05) is 20.7 Å². The van der Waals surface area contributed by atoms with Crippen molar-refractivity contribution in [2.24, 2.45) is 0 Å². The first-order chi connectivity index (χ1) is 8.56. The molecule has 0 aromatic heterocycles. The van der Waals surface area contributed by atoms with Gasteiger partial charge in [0.15, 0.2) is 0 Å². The first kappa shape index (κ1) is 15.0. The van der Waals surface area contributed by atoms with Crippen molar-refractivity contribution in [3.05, 3.63) is 35.9 Å². The normalized spacial score (nSPS) is 14.0. The van der Waals surface area contributed by atoms with Crippen LogP contribution in [0.2, 0.25) is 0 Å². The third kappa shape index (κ3) is 4.29. The number of nitrogens with zero attached hydrogens (tertiary/aromatic N) is 1. The molecular weight excluding hydrogens is 254 g/mol. The largest absolute Gasteiger partial charge is 0.389 e. The quantitative estimate of drug-likeness (QED) is 0.797. The van der Waals surface area contributed by atoms with Crippen molar-refractivity contribution in [2.75, 3.05) is 27.3 Å². The minimum atomic E-state index is -0.731. The number of aliphatic hydroxyl groups is 1. The van der Waals surface area contributed by atoms with Crippen molar-refractivity contribution in [3.63, 3.8) is 0 Å². The smallest absolute Gasteiger partial charge is 0.245 e. The van der Waals surface area contributed by atoms with Gasteiger partial charge in [-0.25, -0.2) is 0 Å². The number of ether oxygens (including phenoxy) is 1. The predicted octanol–water partition coefficient (Wildman–Crippen LogP) is 1.43. The van der Waals surface area contributed by atoms with E-state index in [1.165, 1.54) is 12.0 Å². The molecule has 2 atom stereocenters. The minimum absolute atomic E-state index is 0.190.